The van der Waals surface area contributed by atoms with Gasteiger partial charge in [0.2, 0.25) is 10.0 Å². The Morgan fingerprint density at radius 3 is 2.59 bits per heavy atom. The number of carbonyl (C=O) groups excluding carboxylic acids is 1. The van der Waals surface area contributed by atoms with Crippen LogP contribution in [0, 0.1) is 0 Å². The molecule has 0 radical (unpaired) electrons. The van der Waals surface area contributed by atoms with Crippen LogP contribution >= 0.6 is 12.4 Å². The van der Waals surface area contributed by atoms with Crippen LogP contribution in [0.4, 0.5) is 0 Å². The van der Waals surface area contributed by atoms with Gasteiger partial charge in [0.1, 0.15) is 0 Å². The summed E-state index contributed by atoms with van der Waals surface area (Å²) in [4.78, 5) is 12.5. The molecule has 3 rings (SSSR count). The second kappa shape index (κ2) is 9.85. The van der Waals surface area contributed by atoms with Crippen molar-refractivity contribution in [2.75, 3.05) is 13.1 Å². The highest BCUT2D eigenvalue weighted by atomic mass is 35.5. The Labute approximate surface area is 166 Å². The molecule has 0 aromatic heterocycles. The first-order chi connectivity index (χ1) is 12.5. The zero-order valence-corrected chi connectivity index (χ0v) is 16.5. The first-order valence-corrected chi connectivity index (χ1v) is 10.2. The minimum atomic E-state index is -3.69. The van der Waals surface area contributed by atoms with E-state index in [-0.39, 0.29) is 35.8 Å². The molecule has 0 bridgehead atoms. The van der Waals surface area contributed by atoms with Crippen molar-refractivity contribution in [3.05, 3.63) is 65.7 Å². The number of benzene rings is 2. The third-order valence-electron chi connectivity index (χ3n) is 4.35. The van der Waals surface area contributed by atoms with Crippen LogP contribution in [0.5, 0.6) is 0 Å². The number of hydrogen-bond donors (Lipinski definition) is 3. The number of carbonyl (C=O) groups is 1. The minimum absolute atomic E-state index is 0. The molecule has 6 nitrogen and oxygen atoms in total. The van der Waals surface area contributed by atoms with Crippen molar-refractivity contribution < 1.29 is 13.2 Å². The van der Waals surface area contributed by atoms with E-state index in [2.05, 4.69) is 15.4 Å². The molecule has 146 valence electrons. The maximum atomic E-state index is 12.5. The van der Waals surface area contributed by atoms with Crippen LogP contribution < -0.4 is 15.4 Å². The molecule has 0 aliphatic carbocycles. The Kier molecular flexibility index (Phi) is 7.79. The summed E-state index contributed by atoms with van der Waals surface area (Å²) in [7, 11) is -3.69. The molecule has 0 spiro atoms. The lowest BCUT2D eigenvalue weighted by molar-refractivity contribution is 0.0930. The molecule has 0 saturated carbocycles. The molecule has 1 saturated heterocycles. The maximum absolute atomic E-state index is 12.5. The molecule has 8 heteroatoms. The molecule has 3 N–H and O–H groups in total. The Bertz CT molecular complexity index is 854. The van der Waals surface area contributed by atoms with Gasteiger partial charge in [-0.2, -0.15) is 0 Å². The number of sulfonamides is 1. The standard InChI is InChI=1S/C19H23N3O3S.ClH/c23-19(22-17-9-5-11-20-14-17)16-8-4-10-18(12-16)26(24,25)21-13-15-6-2-1-3-7-15;/h1-4,6-8,10,12,17,20-21H,5,9,11,13-14H2,(H,22,23);1H. The molecular weight excluding hydrogens is 386 g/mol. The van der Waals surface area contributed by atoms with Crippen LogP contribution in [0.15, 0.2) is 59.5 Å². The predicted octanol–water partition coefficient (Wildman–Crippen LogP) is 2.07. The van der Waals surface area contributed by atoms with Gasteiger partial charge in [-0.25, -0.2) is 13.1 Å². The summed E-state index contributed by atoms with van der Waals surface area (Å²) in [5.41, 5.74) is 1.22. The van der Waals surface area contributed by atoms with E-state index in [4.69, 9.17) is 0 Å². The normalized spacial score (nSPS) is 17.0. The summed E-state index contributed by atoms with van der Waals surface area (Å²) in [5, 5.41) is 6.19. The van der Waals surface area contributed by atoms with Crippen molar-refractivity contribution in [3.63, 3.8) is 0 Å². The first-order valence-electron chi connectivity index (χ1n) is 8.70. The molecule has 2 aromatic carbocycles. The van der Waals surface area contributed by atoms with E-state index in [1.807, 2.05) is 30.3 Å². The number of piperidine rings is 1. The van der Waals surface area contributed by atoms with Gasteiger partial charge in [-0.05, 0) is 43.1 Å². The molecule has 27 heavy (non-hydrogen) atoms. The molecule has 2 aromatic rings. The molecule has 1 unspecified atom stereocenters. The van der Waals surface area contributed by atoms with Gasteiger partial charge in [-0.3, -0.25) is 4.79 Å². The number of hydrogen-bond acceptors (Lipinski definition) is 4. The Hall–Kier alpha value is -1.93. The van der Waals surface area contributed by atoms with Gasteiger partial charge in [0.05, 0.1) is 4.90 Å². The average Bonchev–Trinajstić information content (AvgIpc) is 2.68. The van der Waals surface area contributed by atoms with Gasteiger partial charge in [-0.15, -0.1) is 12.4 Å². The van der Waals surface area contributed by atoms with Crippen LogP contribution in [-0.4, -0.2) is 33.5 Å². The summed E-state index contributed by atoms with van der Waals surface area (Å²) in [6.45, 7) is 1.91. The summed E-state index contributed by atoms with van der Waals surface area (Å²) in [6, 6.07) is 15.5. The average molecular weight is 410 g/mol. The van der Waals surface area contributed by atoms with E-state index in [9.17, 15) is 13.2 Å². The molecule has 1 fully saturated rings. The van der Waals surface area contributed by atoms with Gasteiger partial charge in [0.25, 0.3) is 5.91 Å². The summed E-state index contributed by atoms with van der Waals surface area (Å²) in [6.07, 6.45) is 1.94. The van der Waals surface area contributed by atoms with Crippen LogP contribution in [-0.2, 0) is 16.6 Å². The third kappa shape index (κ3) is 6.04. The minimum Gasteiger partial charge on any atom is -0.348 e. The Morgan fingerprint density at radius 1 is 1.11 bits per heavy atom. The highest BCUT2D eigenvalue weighted by Crippen LogP contribution is 2.13. The van der Waals surface area contributed by atoms with E-state index in [0.29, 0.717) is 5.56 Å². The van der Waals surface area contributed by atoms with Crippen molar-refractivity contribution >= 4 is 28.3 Å². The number of amides is 1. The van der Waals surface area contributed by atoms with Crippen molar-refractivity contribution in [1.29, 1.82) is 0 Å². The topological polar surface area (TPSA) is 87.3 Å². The van der Waals surface area contributed by atoms with Gasteiger partial charge in [-0.1, -0.05) is 36.4 Å². The summed E-state index contributed by atoms with van der Waals surface area (Å²) in [5.74, 6) is -0.251. The van der Waals surface area contributed by atoms with E-state index in [1.54, 1.807) is 12.1 Å². The maximum Gasteiger partial charge on any atom is 0.251 e. The summed E-state index contributed by atoms with van der Waals surface area (Å²) >= 11 is 0. The second-order valence-electron chi connectivity index (χ2n) is 6.35. The molecule has 1 aliphatic heterocycles. The second-order valence-corrected chi connectivity index (χ2v) is 8.12. The SMILES string of the molecule is Cl.O=C(NC1CCCNC1)c1cccc(S(=O)(=O)NCc2ccccc2)c1. The summed E-state index contributed by atoms with van der Waals surface area (Å²) < 4.78 is 27.6. The van der Waals surface area contributed by atoms with Gasteiger partial charge >= 0.3 is 0 Å². The van der Waals surface area contributed by atoms with E-state index in [1.165, 1.54) is 12.1 Å². The van der Waals surface area contributed by atoms with Crippen molar-refractivity contribution in [2.24, 2.45) is 0 Å². The zero-order chi connectivity index (χ0) is 18.4. The van der Waals surface area contributed by atoms with Crippen molar-refractivity contribution in [3.8, 4) is 0 Å². The molecule has 1 aliphatic rings. The number of rotatable bonds is 6. The molecular formula is C19H24ClN3O3S. The van der Waals surface area contributed by atoms with Crippen LogP contribution in [0.1, 0.15) is 28.8 Å². The predicted molar refractivity (Wildman–Crippen MR) is 108 cm³/mol. The Balaban J connectivity index is 0.00000261. The fourth-order valence-electron chi connectivity index (χ4n) is 2.91. The van der Waals surface area contributed by atoms with Crippen LogP contribution in [0.25, 0.3) is 0 Å². The fraction of sp³-hybridized carbons (Fsp3) is 0.316. The van der Waals surface area contributed by atoms with Crippen LogP contribution in [0.3, 0.4) is 0 Å². The number of nitrogens with one attached hydrogen (secondary N) is 3. The lowest BCUT2D eigenvalue weighted by Gasteiger charge is -2.23. The van der Waals surface area contributed by atoms with Gasteiger partial charge in [0.15, 0.2) is 0 Å². The van der Waals surface area contributed by atoms with E-state index in [0.717, 1.165) is 31.5 Å². The van der Waals surface area contributed by atoms with Gasteiger partial charge < -0.3 is 10.6 Å². The van der Waals surface area contributed by atoms with Crippen LogP contribution in [0.2, 0.25) is 0 Å². The molecule has 1 amide bonds. The Morgan fingerprint density at radius 2 is 1.89 bits per heavy atom. The van der Waals surface area contributed by atoms with Crippen molar-refractivity contribution in [2.45, 2.75) is 30.3 Å². The monoisotopic (exact) mass is 409 g/mol. The van der Waals surface area contributed by atoms with Crippen molar-refractivity contribution in [1.82, 2.24) is 15.4 Å². The van der Waals surface area contributed by atoms with E-state index < -0.39 is 10.0 Å². The molecule has 1 heterocycles. The zero-order valence-electron chi connectivity index (χ0n) is 14.9. The highest BCUT2D eigenvalue weighted by Gasteiger charge is 2.19. The lowest BCUT2D eigenvalue weighted by Crippen LogP contribution is -2.45. The fourth-order valence-corrected chi connectivity index (χ4v) is 3.97. The number of halogens is 1. The van der Waals surface area contributed by atoms with Gasteiger partial charge in [0, 0.05) is 24.7 Å². The lowest BCUT2D eigenvalue weighted by atomic mass is 10.1. The largest absolute Gasteiger partial charge is 0.348 e. The van der Waals surface area contributed by atoms with E-state index >= 15 is 0 Å². The molecule has 1 atom stereocenters. The quantitative estimate of drug-likeness (QED) is 0.681. The highest BCUT2D eigenvalue weighted by molar-refractivity contribution is 7.89. The first kappa shape index (κ1) is 21.4. The third-order valence-corrected chi connectivity index (χ3v) is 5.75. The smallest absolute Gasteiger partial charge is 0.251 e.